The number of allylic oxidation sites excluding steroid dienone is 1. The second kappa shape index (κ2) is 11.1. The van der Waals surface area contributed by atoms with Gasteiger partial charge in [0.05, 0.1) is 0 Å². The summed E-state index contributed by atoms with van der Waals surface area (Å²) in [5.74, 6) is 0.620. The fourth-order valence-corrected chi connectivity index (χ4v) is 2.44. The van der Waals surface area contributed by atoms with Gasteiger partial charge in [-0.05, 0) is 50.5 Å². The zero-order chi connectivity index (χ0) is 16.5. The highest BCUT2D eigenvalue weighted by atomic mass is 127. The summed E-state index contributed by atoms with van der Waals surface area (Å²) in [7, 11) is 0. The van der Waals surface area contributed by atoms with E-state index >= 15 is 0 Å². The first kappa shape index (κ1) is 20.5. The number of hydrogen-bond donors (Lipinski definition) is 3. The van der Waals surface area contributed by atoms with Crippen LogP contribution in [0.1, 0.15) is 25.8 Å². The molecule has 1 aromatic heterocycles. The van der Waals surface area contributed by atoms with Crippen LogP contribution in [0.3, 0.4) is 0 Å². The van der Waals surface area contributed by atoms with Crippen LogP contribution in [0.4, 0.5) is 4.39 Å². The molecule has 0 bridgehead atoms. The molecule has 0 atom stereocenters. The van der Waals surface area contributed by atoms with E-state index in [-0.39, 0.29) is 29.8 Å². The molecule has 1 aromatic carbocycles. The van der Waals surface area contributed by atoms with Crippen molar-refractivity contribution in [1.29, 1.82) is 0 Å². The van der Waals surface area contributed by atoms with Gasteiger partial charge in [-0.3, -0.25) is 4.99 Å². The SMILES string of the molecule is C/C=C/CCN=C(NCC)NCCc1c[nH]c2cc(F)ccc12.I. The molecular weight excluding hydrogens is 418 g/mol. The van der Waals surface area contributed by atoms with Gasteiger partial charge in [0.25, 0.3) is 0 Å². The van der Waals surface area contributed by atoms with Crippen LogP contribution in [0.15, 0.2) is 41.5 Å². The van der Waals surface area contributed by atoms with E-state index in [1.165, 1.54) is 17.7 Å². The lowest BCUT2D eigenvalue weighted by Crippen LogP contribution is -2.38. The summed E-state index contributed by atoms with van der Waals surface area (Å²) in [6, 6.07) is 4.85. The van der Waals surface area contributed by atoms with Gasteiger partial charge in [0.1, 0.15) is 5.82 Å². The van der Waals surface area contributed by atoms with E-state index < -0.39 is 0 Å². The van der Waals surface area contributed by atoms with Crippen molar-refractivity contribution >= 4 is 40.8 Å². The van der Waals surface area contributed by atoms with Crippen molar-refractivity contribution < 1.29 is 4.39 Å². The van der Waals surface area contributed by atoms with Crippen LogP contribution in [-0.2, 0) is 6.42 Å². The first-order valence-corrected chi connectivity index (χ1v) is 8.13. The number of halogens is 2. The van der Waals surface area contributed by atoms with Gasteiger partial charge in [-0.25, -0.2) is 4.39 Å². The monoisotopic (exact) mass is 444 g/mol. The number of hydrogen-bond acceptors (Lipinski definition) is 1. The van der Waals surface area contributed by atoms with Gasteiger partial charge < -0.3 is 15.6 Å². The number of H-pyrrole nitrogens is 1. The van der Waals surface area contributed by atoms with Crippen molar-refractivity contribution in [2.45, 2.75) is 26.7 Å². The van der Waals surface area contributed by atoms with E-state index in [1.54, 1.807) is 0 Å². The van der Waals surface area contributed by atoms with Crippen molar-refractivity contribution in [3.63, 3.8) is 0 Å². The van der Waals surface area contributed by atoms with Gasteiger partial charge in [-0.15, -0.1) is 24.0 Å². The smallest absolute Gasteiger partial charge is 0.191 e. The van der Waals surface area contributed by atoms with Gasteiger partial charge in [-0.2, -0.15) is 0 Å². The standard InChI is InChI=1S/C18H25FN4.HI/c1-3-5-6-10-21-18(20-4-2)22-11-9-14-13-23-17-12-15(19)7-8-16(14)17;/h3,5,7-8,12-13,23H,4,6,9-11H2,1-2H3,(H2,20,21,22);1H/b5-3+;. The van der Waals surface area contributed by atoms with Crippen LogP contribution in [0.5, 0.6) is 0 Å². The summed E-state index contributed by atoms with van der Waals surface area (Å²) in [5.41, 5.74) is 2.02. The highest BCUT2D eigenvalue weighted by molar-refractivity contribution is 14.0. The number of aliphatic imine (C=N–C) groups is 1. The average Bonchev–Trinajstić information content (AvgIpc) is 2.93. The molecule has 3 N–H and O–H groups in total. The molecule has 0 fully saturated rings. The Morgan fingerprint density at radius 2 is 2.17 bits per heavy atom. The average molecular weight is 444 g/mol. The van der Waals surface area contributed by atoms with Crippen LogP contribution in [0.25, 0.3) is 10.9 Å². The Kier molecular flexibility index (Phi) is 9.44. The summed E-state index contributed by atoms with van der Waals surface area (Å²) in [6.45, 7) is 6.45. The normalized spacial score (nSPS) is 11.7. The first-order chi connectivity index (χ1) is 11.2. The number of benzene rings is 1. The zero-order valence-electron chi connectivity index (χ0n) is 14.2. The van der Waals surface area contributed by atoms with Crippen LogP contribution in [-0.4, -0.2) is 30.6 Å². The first-order valence-electron chi connectivity index (χ1n) is 8.13. The molecule has 0 amide bonds. The Bertz CT molecular complexity index is 679. The third kappa shape index (κ3) is 6.14. The second-order valence-corrected chi connectivity index (χ2v) is 5.30. The summed E-state index contributed by atoms with van der Waals surface area (Å²) < 4.78 is 13.2. The predicted octanol–water partition coefficient (Wildman–Crippen LogP) is 3.99. The fraction of sp³-hybridized carbons (Fsp3) is 0.389. The number of guanidine groups is 1. The number of nitrogens with zero attached hydrogens (tertiary/aromatic N) is 1. The van der Waals surface area contributed by atoms with E-state index in [9.17, 15) is 4.39 Å². The molecule has 0 unspecified atom stereocenters. The van der Waals surface area contributed by atoms with E-state index in [4.69, 9.17) is 0 Å². The predicted molar refractivity (Wildman–Crippen MR) is 111 cm³/mol. The highest BCUT2D eigenvalue weighted by Gasteiger charge is 2.05. The molecule has 1 heterocycles. The topological polar surface area (TPSA) is 52.2 Å². The summed E-state index contributed by atoms with van der Waals surface area (Å²) in [4.78, 5) is 7.65. The van der Waals surface area contributed by atoms with Crippen LogP contribution in [0, 0.1) is 5.82 Å². The molecule has 4 nitrogen and oxygen atoms in total. The minimum absolute atomic E-state index is 0. The van der Waals surface area contributed by atoms with E-state index in [0.29, 0.717) is 0 Å². The molecule has 2 aromatic rings. The second-order valence-electron chi connectivity index (χ2n) is 5.30. The van der Waals surface area contributed by atoms with Crippen molar-refractivity contribution in [2.24, 2.45) is 4.99 Å². The van der Waals surface area contributed by atoms with Gasteiger partial charge in [0, 0.05) is 36.7 Å². The third-order valence-corrected chi connectivity index (χ3v) is 3.56. The molecular formula is C18H26FIN4. The molecule has 0 aliphatic heterocycles. The van der Waals surface area contributed by atoms with Crippen LogP contribution < -0.4 is 10.6 Å². The van der Waals surface area contributed by atoms with Crippen LogP contribution >= 0.6 is 24.0 Å². The Labute approximate surface area is 160 Å². The molecule has 132 valence electrons. The Hall–Kier alpha value is -1.57. The molecule has 0 aliphatic rings. The lowest BCUT2D eigenvalue weighted by atomic mass is 10.1. The molecule has 0 aliphatic carbocycles. The van der Waals surface area contributed by atoms with Crippen molar-refractivity contribution in [3.8, 4) is 0 Å². The highest BCUT2D eigenvalue weighted by Crippen LogP contribution is 2.19. The molecule has 0 spiro atoms. The molecule has 6 heteroatoms. The maximum absolute atomic E-state index is 13.2. The minimum Gasteiger partial charge on any atom is -0.361 e. The Balaban J connectivity index is 0.00000288. The molecule has 0 saturated heterocycles. The fourth-order valence-electron chi connectivity index (χ4n) is 2.44. The van der Waals surface area contributed by atoms with E-state index in [1.807, 2.05) is 25.3 Å². The number of fused-ring (bicyclic) bond motifs is 1. The van der Waals surface area contributed by atoms with Gasteiger partial charge in [-0.1, -0.05) is 12.2 Å². The zero-order valence-corrected chi connectivity index (χ0v) is 16.6. The number of aromatic amines is 1. The third-order valence-electron chi connectivity index (χ3n) is 3.56. The molecule has 2 rings (SSSR count). The van der Waals surface area contributed by atoms with Gasteiger partial charge in [0.15, 0.2) is 5.96 Å². The summed E-state index contributed by atoms with van der Waals surface area (Å²) >= 11 is 0. The van der Waals surface area contributed by atoms with Crippen molar-refractivity contribution in [2.75, 3.05) is 19.6 Å². The number of aromatic nitrogens is 1. The van der Waals surface area contributed by atoms with Gasteiger partial charge in [0.2, 0.25) is 0 Å². The molecule has 0 saturated carbocycles. The van der Waals surface area contributed by atoms with Gasteiger partial charge >= 0.3 is 0 Å². The quantitative estimate of drug-likeness (QED) is 0.199. The maximum Gasteiger partial charge on any atom is 0.191 e. The van der Waals surface area contributed by atoms with E-state index in [2.05, 4.69) is 33.6 Å². The Morgan fingerprint density at radius 3 is 2.92 bits per heavy atom. The minimum atomic E-state index is -0.216. The van der Waals surface area contributed by atoms with Crippen LogP contribution in [0.2, 0.25) is 0 Å². The lowest BCUT2D eigenvalue weighted by molar-refractivity contribution is 0.629. The molecule has 24 heavy (non-hydrogen) atoms. The number of rotatable bonds is 7. The maximum atomic E-state index is 13.2. The van der Waals surface area contributed by atoms with E-state index in [0.717, 1.165) is 49.3 Å². The largest absolute Gasteiger partial charge is 0.361 e. The van der Waals surface area contributed by atoms with Crippen molar-refractivity contribution in [1.82, 2.24) is 15.6 Å². The van der Waals surface area contributed by atoms with Crippen molar-refractivity contribution in [3.05, 3.63) is 47.9 Å². The Morgan fingerprint density at radius 1 is 1.33 bits per heavy atom. The number of nitrogens with one attached hydrogen (secondary N) is 3. The molecule has 0 radical (unpaired) electrons. The summed E-state index contributed by atoms with van der Waals surface area (Å²) in [6.07, 6.45) is 7.89. The lowest BCUT2D eigenvalue weighted by Gasteiger charge is -2.10. The summed E-state index contributed by atoms with van der Waals surface area (Å²) in [5, 5.41) is 7.65.